The van der Waals surface area contributed by atoms with Crippen molar-refractivity contribution in [2.24, 2.45) is 5.92 Å². The average molecular weight is 246 g/mol. The summed E-state index contributed by atoms with van der Waals surface area (Å²) in [5, 5.41) is 9.87. The van der Waals surface area contributed by atoms with E-state index in [4.69, 9.17) is 9.47 Å². The van der Waals surface area contributed by atoms with Crippen LogP contribution in [-0.2, 0) is 20.1 Å². The van der Waals surface area contributed by atoms with Crippen molar-refractivity contribution in [3.05, 3.63) is 41.3 Å². The summed E-state index contributed by atoms with van der Waals surface area (Å²) in [7, 11) is 0. The minimum absolute atomic E-state index is 0.0309. The number of carbonyl (C=O) groups excluding carboxylic acids is 1. The van der Waals surface area contributed by atoms with Crippen LogP contribution in [0.5, 0.6) is 5.75 Å². The molecule has 0 fully saturated rings. The summed E-state index contributed by atoms with van der Waals surface area (Å²) in [6, 6.07) is 6.82. The van der Waals surface area contributed by atoms with Gasteiger partial charge < -0.3 is 14.6 Å². The molecule has 2 unspecified atom stereocenters. The van der Waals surface area contributed by atoms with Crippen LogP contribution in [0.2, 0.25) is 0 Å². The van der Waals surface area contributed by atoms with Crippen LogP contribution in [0.25, 0.3) is 0 Å². The van der Waals surface area contributed by atoms with Gasteiger partial charge in [0.25, 0.3) is 5.79 Å². The van der Waals surface area contributed by atoms with E-state index < -0.39 is 5.79 Å². The molecule has 0 amide bonds. The van der Waals surface area contributed by atoms with E-state index in [9.17, 15) is 9.90 Å². The molecule has 2 atom stereocenters. The molecule has 0 aromatic heterocycles. The van der Waals surface area contributed by atoms with Crippen LogP contribution < -0.4 is 0 Å². The van der Waals surface area contributed by atoms with Crippen LogP contribution in [0, 0.1) is 5.92 Å². The Balaban J connectivity index is 1.98. The third-order valence-corrected chi connectivity index (χ3v) is 3.41. The number of rotatable bonds is 1. The first kappa shape index (κ1) is 11.1. The molecular weight excluding hydrogens is 232 g/mol. The molecule has 1 aliphatic heterocycles. The molecule has 1 aromatic carbocycles. The van der Waals surface area contributed by atoms with Gasteiger partial charge in [-0.1, -0.05) is 19.1 Å². The highest BCUT2D eigenvalue weighted by atomic mass is 16.7. The van der Waals surface area contributed by atoms with E-state index in [1.807, 2.05) is 6.92 Å². The Morgan fingerprint density at radius 3 is 2.72 bits per heavy atom. The quantitative estimate of drug-likeness (QED) is 0.826. The molecule has 0 bridgehead atoms. The SMILES string of the molecule is CC1CC(=O)C2=C1OC(C)(c1ccccc1O)O2. The van der Waals surface area contributed by atoms with Crippen molar-refractivity contribution in [1.29, 1.82) is 0 Å². The number of ketones is 1. The highest BCUT2D eigenvalue weighted by Gasteiger charge is 2.49. The lowest BCUT2D eigenvalue weighted by molar-refractivity contribution is -0.161. The van der Waals surface area contributed by atoms with E-state index in [-0.39, 0.29) is 17.5 Å². The maximum atomic E-state index is 11.7. The van der Waals surface area contributed by atoms with Gasteiger partial charge in [0, 0.05) is 19.3 Å². The van der Waals surface area contributed by atoms with Crippen molar-refractivity contribution in [3.8, 4) is 5.75 Å². The topological polar surface area (TPSA) is 55.8 Å². The summed E-state index contributed by atoms with van der Waals surface area (Å²) >= 11 is 0. The van der Waals surface area contributed by atoms with Gasteiger partial charge in [0.2, 0.25) is 11.5 Å². The lowest BCUT2D eigenvalue weighted by Crippen LogP contribution is -2.26. The number of hydrogen-bond acceptors (Lipinski definition) is 4. The van der Waals surface area contributed by atoms with E-state index in [0.29, 0.717) is 23.5 Å². The number of Topliss-reactive ketones (excluding diaryl/α,β-unsaturated/α-hetero) is 1. The number of benzene rings is 1. The summed E-state index contributed by atoms with van der Waals surface area (Å²) in [4.78, 5) is 11.7. The monoisotopic (exact) mass is 246 g/mol. The minimum atomic E-state index is -1.11. The molecule has 4 nitrogen and oxygen atoms in total. The number of carbonyl (C=O) groups is 1. The summed E-state index contributed by atoms with van der Waals surface area (Å²) in [5.41, 5.74) is 0.527. The van der Waals surface area contributed by atoms with Crippen molar-refractivity contribution in [1.82, 2.24) is 0 Å². The van der Waals surface area contributed by atoms with Crippen LogP contribution in [0.4, 0.5) is 0 Å². The molecular formula is C14H14O4. The van der Waals surface area contributed by atoms with Gasteiger partial charge in [-0.25, -0.2) is 0 Å². The van der Waals surface area contributed by atoms with E-state index in [2.05, 4.69) is 0 Å². The molecule has 0 saturated carbocycles. The van der Waals surface area contributed by atoms with E-state index >= 15 is 0 Å². The van der Waals surface area contributed by atoms with Crippen LogP contribution >= 0.6 is 0 Å². The molecule has 2 aliphatic rings. The second kappa shape index (κ2) is 3.51. The normalized spacial score (nSPS) is 30.1. The fraction of sp³-hybridized carbons (Fsp3) is 0.357. The molecule has 0 saturated heterocycles. The summed E-state index contributed by atoms with van der Waals surface area (Å²) < 4.78 is 11.5. The van der Waals surface area contributed by atoms with Crippen molar-refractivity contribution in [2.45, 2.75) is 26.1 Å². The predicted octanol–water partition coefficient (Wildman–Crippen LogP) is 2.43. The Hall–Kier alpha value is -1.97. The third-order valence-electron chi connectivity index (χ3n) is 3.41. The fourth-order valence-electron chi connectivity index (χ4n) is 2.47. The van der Waals surface area contributed by atoms with Crippen molar-refractivity contribution in [3.63, 3.8) is 0 Å². The highest BCUT2D eigenvalue weighted by Crippen LogP contribution is 2.47. The minimum Gasteiger partial charge on any atom is -0.507 e. The van der Waals surface area contributed by atoms with Gasteiger partial charge in [-0.15, -0.1) is 0 Å². The van der Waals surface area contributed by atoms with E-state index in [1.165, 1.54) is 0 Å². The highest BCUT2D eigenvalue weighted by molar-refractivity contribution is 5.97. The largest absolute Gasteiger partial charge is 0.507 e. The molecule has 0 spiro atoms. The average Bonchev–Trinajstić information content (AvgIpc) is 2.79. The van der Waals surface area contributed by atoms with Gasteiger partial charge in [0.1, 0.15) is 5.75 Å². The van der Waals surface area contributed by atoms with Gasteiger partial charge in [0.05, 0.1) is 5.56 Å². The summed E-state index contributed by atoms with van der Waals surface area (Å²) in [6.07, 6.45) is 0.432. The molecule has 0 radical (unpaired) electrons. The van der Waals surface area contributed by atoms with Crippen LogP contribution in [-0.4, -0.2) is 10.9 Å². The first-order valence-corrected chi connectivity index (χ1v) is 5.95. The van der Waals surface area contributed by atoms with E-state index in [1.54, 1.807) is 31.2 Å². The van der Waals surface area contributed by atoms with E-state index in [0.717, 1.165) is 0 Å². The molecule has 1 N–H and O–H groups in total. The smallest absolute Gasteiger partial charge is 0.278 e. The number of ether oxygens (including phenoxy) is 2. The first-order valence-electron chi connectivity index (χ1n) is 5.95. The fourth-order valence-corrected chi connectivity index (χ4v) is 2.47. The van der Waals surface area contributed by atoms with Crippen LogP contribution in [0.3, 0.4) is 0 Å². The first-order chi connectivity index (χ1) is 8.51. The molecule has 1 aromatic rings. The van der Waals surface area contributed by atoms with Gasteiger partial charge >= 0.3 is 0 Å². The second-order valence-electron chi connectivity index (χ2n) is 4.89. The zero-order chi connectivity index (χ0) is 12.9. The number of hydrogen-bond donors (Lipinski definition) is 1. The molecule has 94 valence electrons. The molecule has 18 heavy (non-hydrogen) atoms. The predicted molar refractivity (Wildman–Crippen MR) is 63.4 cm³/mol. The number of phenols is 1. The zero-order valence-electron chi connectivity index (χ0n) is 10.3. The number of aromatic hydroxyl groups is 1. The maximum absolute atomic E-state index is 11.7. The van der Waals surface area contributed by atoms with Gasteiger partial charge in [-0.3, -0.25) is 4.79 Å². The van der Waals surface area contributed by atoms with Gasteiger partial charge in [-0.05, 0) is 12.1 Å². The molecule has 1 aliphatic carbocycles. The molecule has 4 heteroatoms. The Labute approximate surface area is 105 Å². The lowest BCUT2D eigenvalue weighted by atomic mass is 10.1. The number of para-hydroxylation sites is 1. The second-order valence-corrected chi connectivity index (χ2v) is 4.89. The third kappa shape index (κ3) is 1.41. The van der Waals surface area contributed by atoms with Gasteiger partial charge in [0.15, 0.2) is 5.76 Å². The summed E-state index contributed by atoms with van der Waals surface area (Å²) in [6.45, 7) is 3.64. The van der Waals surface area contributed by atoms with Crippen molar-refractivity contribution < 1.29 is 19.4 Å². The number of phenolic OH excluding ortho intramolecular Hbond substituents is 1. The van der Waals surface area contributed by atoms with Crippen molar-refractivity contribution in [2.75, 3.05) is 0 Å². The van der Waals surface area contributed by atoms with Crippen molar-refractivity contribution >= 4 is 5.78 Å². The Bertz CT molecular complexity index is 561. The number of allylic oxidation sites excluding steroid dienone is 2. The standard InChI is InChI=1S/C14H14O4/c1-8-7-11(16)13-12(8)17-14(2,18-13)9-5-3-4-6-10(9)15/h3-6,8,15H,7H2,1-2H3. The van der Waals surface area contributed by atoms with Crippen LogP contribution in [0.1, 0.15) is 25.8 Å². The Kier molecular flexibility index (Phi) is 2.17. The Morgan fingerprint density at radius 2 is 2.06 bits per heavy atom. The molecule has 1 heterocycles. The zero-order valence-corrected chi connectivity index (χ0v) is 10.3. The maximum Gasteiger partial charge on any atom is 0.278 e. The van der Waals surface area contributed by atoms with Gasteiger partial charge in [-0.2, -0.15) is 0 Å². The summed E-state index contributed by atoms with van der Waals surface area (Å²) in [5.74, 6) is -0.0857. The lowest BCUT2D eigenvalue weighted by Gasteiger charge is -2.27. The van der Waals surface area contributed by atoms with Crippen LogP contribution in [0.15, 0.2) is 35.8 Å². The molecule has 3 rings (SSSR count). The Morgan fingerprint density at radius 1 is 1.33 bits per heavy atom.